The van der Waals surface area contributed by atoms with E-state index in [1.165, 1.54) is 44.9 Å². The van der Waals surface area contributed by atoms with Crippen molar-refractivity contribution in [2.45, 2.75) is 58.8 Å². The summed E-state index contributed by atoms with van der Waals surface area (Å²) in [6, 6.07) is 0. The predicted molar refractivity (Wildman–Crippen MR) is 66.8 cm³/mol. The van der Waals surface area contributed by atoms with E-state index < -0.39 is 0 Å². The van der Waals surface area contributed by atoms with Gasteiger partial charge in [0.1, 0.15) is 0 Å². The fraction of sp³-hybridized carbons (Fsp3) is 0.867. The Morgan fingerprint density at radius 3 is 2.93 bits per heavy atom. The Balaban J connectivity index is 2.00. The lowest BCUT2D eigenvalue weighted by Gasteiger charge is -2.42. The van der Waals surface area contributed by atoms with Gasteiger partial charge in [0.05, 0.1) is 0 Å². The molecule has 1 saturated carbocycles. The molecule has 86 valence electrons. The van der Waals surface area contributed by atoms with Crippen molar-refractivity contribution >= 4 is 0 Å². The summed E-state index contributed by atoms with van der Waals surface area (Å²) in [5, 5.41) is 0. The van der Waals surface area contributed by atoms with Crippen LogP contribution in [0, 0.1) is 23.7 Å². The van der Waals surface area contributed by atoms with Gasteiger partial charge < -0.3 is 0 Å². The molecule has 0 radical (unpaired) electrons. The summed E-state index contributed by atoms with van der Waals surface area (Å²) in [5.74, 6) is 3.92. The van der Waals surface area contributed by atoms with E-state index in [1.807, 2.05) is 0 Å². The van der Waals surface area contributed by atoms with E-state index in [1.54, 1.807) is 0 Å². The van der Waals surface area contributed by atoms with Crippen LogP contribution in [0.1, 0.15) is 58.8 Å². The zero-order valence-corrected chi connectivity index (χ0v) is 10.4. The standard InChI is InChI=1S/C15H26/c1-3-4-8-13-9-6-10-14-12(2)7-5-11-15(13)14/h5,11-15H,3-4,6-10H2,1-2H3/t12?,13-,14?,15?/m1/s1. The van der Waals surface area contributed by atoms with E-state index in [2.05, 4.69) is 26.0 Å². The van der Waals surface area contributed by atoms with Crippen molar-refractivity contribution in [3.8, 4) is 0 Å². The molecule has 1 fully saturated rings. The first-order valence-corrected chi connectivity index (χ1v) is 6.99. The van der Waals surface area contributed by atoms with Gasteiger partial charge in [0.15, 0.2) is 0 Å². The van der Waals surface area contributed by atoms with E-state index in [0.717, 1.165) is 23.7 Å². The molecule has 2 aliphatic rings. The quantitative estimate of drug-likeness (QED) is 0.582. The van der Waals surface area contributed by atoms with Crippen molar-refractivity contribution in [2.75, 3.05) is 0 Å². The maximum atomic E-state index is 2.56. The lowest BCUT2D eigenvalue weighted by atomic mass is 9.63. The second-order valence-corrected chi connectivity index (χ2v) is 5.72. The number of rotatable bonds is 3. The topological polar surface area (TPSA) is 0 Å². The Hall–Kier alpha value is -0.260. The average molecular weight is 206 g/mol. The van der Waals surface area contributed by atoms with Crippen LogP contribution in [-0.2, 0) is 0 Å². The second kappa shape index (κ2) is 5.18. The van der Waals surface area contributed by atoms with Crippen molar-refractivity contribution in [1.82, 2.24) is 0 Å². The summed E-state index contributed by atoms with van der Waals surface area (Å²) >= 11 is 0. The van der Waals surface area contributed by atoms with Gasteiger partial charge in [-0.2, -0.15) is 0 Å². The molecule has 0 aromatic rings. The molecule has 0 aromatic carbocycles. The smallest absolute Gasteiger partial charge is 0.0174 e. The molecule has 4 atom stereocenters. The zero-order chi connectivity index (χ0) is 10.7. The van der Waals surface area contributed by atoms with Crippen LogP contribution >= 0.6 is 0 Å². The summed E-state index contributed by atoms with van der Waals surface area (Å²) in [7, 11) is 0. The van der Waals surface area contributed by atoms with Gasteiger partial charge in [-0.1, -0.05) is 45.3 Å². The SMILES string of the molecule is CCCC[C@@H]1CCCC2C(C)CC=CC21. The Kier molecular flexibility index (Phi) is 3.88. The molecular weight excluding hydrogens is 180 g/mol. The fourth-order valence-corrected chi connectivity index (χ4v) is 3.74. The van der Waals surface area contributed by atoms with Gasteiger partial charge >= 0.3 is 0 Å². The lowest BCUT2D eigenvalue weighted by molar-refractivity contribution is 0.126. The first kappa shape index (κ1) is 11.2. The maximum absolute atomic E-state index is 2.56. The molecular formula is C15H26. The van der Waals surface area contributed by atoms with Crippen LogP contribution in [0.15, 0.2) is 12.2 Å². The van der Waals surface area contributed by atoms with Crippen molar-refractivity contribution in [2.24, 2.45) is 23.7 Å². The molecule has 0 N–H and O–H groups in total. The van der Waals surface area contributed by atoms with Crippen LogP contribution < -0.4 is 0 Å². The molecule has 0 amide bonds. The monoisotopic (exact) mass is 206 g/mol. The first-order chi connectivity index (χ1) is 7.33. The van der Waals surface area contributed by atoms with Gasteiger partial charge in [-0.25, -0.2) is 0 Å². The highest BCUT2D eigenvalue weighted by molar-refractivity contribution is 5.03. The van der Waals surface area contributed by atoms with Gasteiger partial charge in [0, 0.05) is 0 Å². The van der Waals surface area contributed by atoms with Crippen molar-refractivity contribution in [3.63, 3.8) is 0 Å². The summed E-state index contributed by atoms with van der Waals surface area (Å²) in [6.45, 7) is 4.78. The molecule has 0 heteroatoms. The highest BCUT2D eigenvalue weighted by atomic mass is 14.4. The third-order valence-corrected chi connectivity index (χ3v) is 4.68. The molecule has 2 aliphatic carbocycles. The van der Waals surface area contributed by atoms with E-state index in [4.69, 9.17) is 0 Å². The minimum Gasteiger partial charge on any atom is -0.0880 e. The largest absolute Gasteiger partial charge is 0.0880 e. The molecule has 0 spiro atoms. The van der Waals surface area contributed by atoms with E-state index in [0.29, 0.717) is 0 Å². The highest BCUT2D eigenvalue weighted by Gasteiger charge is 2.35. The second-order valence-electron chi connectivity index (χ2n) is 5.72. The number of fused-ring (bicyclic) bond motifs is 1. The summed E-state index contributed by atoms with van der Waals surface area (Å²) in [4.78, 5) is 0. The Bertz CT molecular complexity index is 216. The Labute approximate surface area is 95.1 Å². The van der Waals surface area contributed by atoms with Crippen LogP contribution in [0.3, 0.4) is 0 Å². The van der Waals surface area contributed by atoms with Crippen LogP contribution in [0.5, 0.6) is 0 Å². The molecule has 0 nitrogen and oxygen atoms in total. The summed E-state index contributed by atoms with van der Waals surface area (Å²) < 4.78 is 0. The Morgan fingerprint density at radius 1 is 1.27 bits per heavy atom. The summed E-state index contributed by atoms with van der Waals surface area (Å²) in [6.07, 6.45) is 15.1. The minimum atomic E-state index is 0.939. The van der Waals surface area contributed by atoms with Crippen LogP contribution in [0.25, 0.3) is 0 Å². The van der Waals surface area contributed by atoms with Gasteiger partial charge in [0.2, 0.25) is 0 Å². The molecule has 0 bridgehead atoms. The van der Waals surface area contributed by atoms with E-state index >= 15 is 0 Å². The molecule has 0 aliphatic heterocycles. The molecule has 0 saturated heterocycles. The van der Waals surface area contributed by atoms with Crippen LogP contribution in [0.2, 0.25) is 0 Å². The molecule has 2 rings (SSSR count). The van der Waals surface area contributed by atoms with Crippen molar-refractivity contribution < 1.29 is 0 Å². The third kappa shape index (κ3) is 2.46. The molecule has 0 aromatic heterocycles. The first-order valence-electron chi connectivity index (χ1n) is 6.99. The highest BCUT2D eigenvalue weighted by Crippen LogP contribution is 2.45. The fourth-order valence-electron chi connectivity index (χ4n) is 3.74. The Morgan fingerprint density at radius 2 is 2.13 bits per heavy atom. The van der Waals surface area contributed by atoms with Gasteiger partial charge in [-0.3, -0.25) is 0 Å². The van der Waals surface area contributed by atoms with E-state index in [-0.39, 0.29) is 0 Å². The number of hydrogen-bond acceptors (Lipinski definition) is 0. The van der Waals surface area contributed by atoms with Gasteiger partial charge in [0.25, 0.3) is 0 Å². The predicted octanol–water partition coefficient (Wildman–Crippen LogP) is 4.81. The number of hydrogen-bond donors (Lipinski definition) is 0. The van der Waals surface area contributed by atoms with Gasteiger partial charge in [-0.15, -0.1) is 0 Å². The van der Waals surface area contributed by atoms with Gasteiger partial charge in [-0.05, 0) is 49.4 Å². The van der Waals surface area contributed by atoms with E-state index in [9.17, 15) is 0 Å². The van der Waals surface area contributed by atoms with Crippen LogP contribution in [-0.4, -0.2) is 0 Å². The number of unbranched alkanes of at least 4 members (excludes halogenated alkanes) is 1. The zero-order valence-electron chi connectivity index (χ0n) is 10.4. The average Bonchev–Trinajstić information content (AvgIpc) is 2.27. The third-order valence-electron chi connectivity index (χ3n) is 4.68. The number of allylic oxidation sites excluding steroid dienone is 2. The molecule has 0 heterocycles. The minimum absolute atomic E-state index is 0.939. The van der Waals surface area contributed by atoms with Crippen molar-refractivity contribution in [1.29, 1.82) is 0 Å². The van der Waals surface area contributed by atoms with Crippen LogP contribution in [0.4, 0.5) is 0 Å². The van der Waals surface area contributed by atoms with Crippen molar-refractivity contribution in [3.05, 3.63) is 12.2 Å². The summed E-state index contributed by atoms with van der Waals surface area (Å²) in [5.41, 5.74) is 0. The normalized spacial score (nSPS) is 40.1. The molecule has 3 unspecified atom stereocenters. The lowest BCUT2D eigenvalue weighted by Crippen LogP contribution is -2.33. The molecule has 15 heavy (non-hydrogen) atoms. The maximum Gasteiger partial charge on any atom is -0.0174 e.